The summed E-state index contributed by atoms with van der Waals surface area (Å²) < 4.78 is 63.8. The summed E-state index contributed by atoms with van der Waals surface area (Å²) in [6, 6.07) is 9.73. The number of benzene rings is 3. The SMILES string of the molecule is O=C1CC(c2cc(F)c(F)c(F)c2)c2c(ccc3c2O/C(=C/c2ccc4c(c2)OCCO4)C3=O)O1. The van der Waals surface area contributed by atoms with Crippen LogP contribution in [-0.4, -0.2) is 25.0 Å². The molecule has 0 amide bonds. The number of Topliss-reactive ketones (excluding diaryl/α,β-unsaturated/α-hetero) is 1. The van der Waals surface area contributed by atoms with E-state index < -0.39 is 35.1 Å². The third kappa shape index (κ3) is 3.51. The number of fused-ring (bicyclic) bond motifs is 4. The van der Waals surface area contributed by atoms with Crippen molar-refractivity contribution < 1.29 is 41.7 Å². The Hall–Kier alpha value is -4.27. The zero-order valence-electron chi connectivity index (χ0n) is 17.9. The average Bonchev–Trinajstić information content (AvgIpc) is 3.16. The summed E-state index contributed by atoms with van der Waals surface area (Å²) in [5, 5.41) is 0. The first-order chi connectivity index (χ1) is 16.9. The molecule has 0 N–H and O–H groups in total. The largest absolute Gasteiger partial charge is 0.486 e. The minimum atomic E-state index is -1.61. The zero-order chi connectivity index (χ0) is 24.3. The van der Waals surface area contributed by atoms with Gasteiger partial charge < -0.3 is 18.9 Å². The second-order valence-electron chi connectivity index (χ2n) is 8.23. The van der Waals surface area contributed by atoms with Gasteiger partial charge in [0.25, 0.3) is 0 Å². The molecular weight excluding hydrogens is 465 g/mol. The molecule has 6 rings (SSSR count). The summed E-state index contributed by atoms with van der Waals surface area (Å²) in [5.74, 6) is -4.97. The first-order valence-corrected chi connectivity index (χ1v) is 10.7. The number of carbonyl (C=O) groups excluding carboxylic acids is 2. The smallest absolute Gasteiger partial charge is 0.312 e. The number of halogens is 3. The molecule has 9 heteroatoms. The normalized spacial score (nSPS) is 19.2. The van der Waals surface area contributed by atoms with Crippen molar-refractivity contribution in [3.63, 3.8) is 0 Å². The lowest BCUT2D eigenvalue weighted by atomic mass is 9.84. The molecule has 35 heavy (non-hydrogen) atoms. The molecule has 176 valence electrons. The minimum Gasteiger partial charge on any atom is -0.486 e. The highest BCUT2D eigenvalue weighted by Gasteiger charge is 2.39. The van der Waals surface area contributed by atoms with Crippen molar-refractivity contribution in [3.8, 4) is 23.0 Å². The molecule has 0 bridgehead atoms. The van der Waals surface area contributed by atoms with Gasteiger partial charge in [0.15, 0.2) is 34.7 Å². The molecule has 3 aromatic rings. The molecule has 0 spiro atoms. The summed E-state index contributed by atoms with van der Waals surface area (Å²) in [6.45, 7) is 0.855. The highest BCUT2D eigenvalue weighted by atomic mass is 19.2. The van der Waals surface area contributed by atoms with E-state index in [-0.39, 0.29) is 40.4 Å². The fraction of sp³-hybridized carbons (Fsp3) is 0.154. The predicted octanol–water partition coefficient (Wildman–Crippen LogP) is 4.93. The molecule has 1 atom stereocenters. The van der Waals surface area contributed by atoms with Gasteiger partial charge in [0, 0.05) is 11.5 Å². The molecule has 3 aliphatic rings. The number of rotatable bonds is 2. The van der Waals surface area contributed by atoms with E-state index in [1.807, 2.05) is 0 Å². The van der Waals surface area contributed by atoms with Gasteiger partial charge >= 0.3 is 5.97 Å². The van der Waals surface area contributed by atoms with Crippen LogP contribution in [0.3, 0.4) is 0 Å². The molecule has 3 heterocycles. The summed E-state index contributed by atoms with van der Waals surface area (Å²) >= 11 is 0. The fourth-order valence-corrected chi connectivity index (χ4v) is 4.47. The van der Waals surface area contributed by atoms with Crippen molar-refractivity contribution in [3.05, 3.63) is 87.9 Å². The number of esters is 1. The number of hydrogen-bond donors (Lipinski definition) is 0. The lowest BCUT2D eigenvalue weighted by molar-refractivity contribution is -0.135. The van der Waals surface area contributed by atoms with Gasteiger partial charge in [-0.1, -0.05) is 6.07 Å². The molecule has 0 aromatic heterocycles. The van der Waals surface area contributed by atoms with Crippen molar-refractivity contribution in [1.82, 2.24) is 0 Å². The van der Waals surface area contributed by atoms with Gasteiger partial charge in [-0.05, 0) is 53.6 Å². The lowest BCUT2D eigenvalue weighted by Gasteiger charge is -2.26. The predicted molar refractivity (Wildman–Crippen MR) is 115 cm³/mol. The Labute approximate surface area is 196 Å². The van der Waals surface area contributed by atoms with Crippen molar-refractivity contribution in [2.24, 2.45) is 0 Å². The number of hydrogen-bond acceptors (Lipinski definition) is 6. The van der Waals surface area contributed by atoms with E-state index in [0.29, 0.717) is 30.3 Å². The Balaban J connectivity index is 1.43. The molecule has 3 aliphatic heterocycles. The molecular formula is C26H15F3O6. The molecule has 6 nitrogen and oxygen atoms in total. The maximum atomic E-state index is 14.0. The van der Waals surface area contributed by atoms with Crippen LogP contribution >= 0.6 is 0 Å². The van der Waals surface area contributed by atoms with Crippen LogP contribution in [0.1, 0.15) is 39.4 Å². The van der Waals surface area contributed by atoms with Gasteiger partial charge in [-0.3, -0.25) is 9.59 Å². The summed E-state index contributed by atoms with van der Waals surface area (Å²) in [4.78, 5) is 25.3. The molecule has 0 aliphatic carbocycles. The van der Waals surface area contributed by atoms with Crippen LogP contribution in [0.25, 0.3) is 6.08 Å². The van der Waals surface area contributed by atoms with Gasteiger partial charge in [-0.2, -0.15) is 0 Å². The number of ether oxygens (including phenoxy) is 4. The zero-order valence-corrected chi connectivity index (χ0v) is 17.9. The van der Waals surface area contributed by atoms with Crippen LogP contribution in [0.15, 0.2) is 48.2 Å². The average molecular weight is 480 g/mol. The van der Waals surface area contributed by atoms with E-state index in [4.69, 9.17) is 18.9 Å². The van der Waals surface area contributed by atoms with Crippen LogP contribution < -0.4 is 18.9 Å². The van der Waals surface area contributed by atoms with Gasteiger partial charge in [0.2, 0.25) is 5.78 Å². The van der Waals surface area contributed by atoms with Gasteiger partial charge in [-0.15, -0.1) is 0 Å². The van der Waals surface area contributed by atoms with E-state index in [0.717, 1.165) is 12.1 Å². The first kappa shape index (κ1) is 21.3. The van der Waals surface area contributed by atoms with Gasteiger partial charge in [0.1, 0.15) is 24.7 Å². The molecule has 0 saturated heterocycles. The van der Waals surface area contributed by atoms with Gasteiger partial charge in [0.05, 0.1) is 12.0 Å². The van der Waals surface area contributed by atoms with Crippen LogP contribution in [-0.2, 0) is 4.79 Å². The highest BCUT2D eigenvalue weighted by molar-refractivity contribution is 6.15. The van der Waals surface area contributed by atoms with E-state index >= 15 is 0 Å². The Morgan fingerprint density at radius 2 is 1.54 bits per heavy atom. The Bertz CT molecular complexity index is 1440. The number of carbonyl (C=O) groups is 2. The third-order valence-electron chi connectivity index (χ3n) is 6.05. The van der Waals surface area contributed by atoms with E-state index in [9.17, 15) is 22.8 Å². The van der Waals surface area contributed by atoms with Crippen LogP contribution in [0.4, 0.5) is 13.2 Å². The highest BCUT2D eigenvalue weighted by Crippen LogP contribution is 2.49. The lowest BCUT2D eigenvalue weighted by Crippen LogP contribution is -2.22. The fourth-order valence-electron chi connectivity index (χ4n) is 4.47. The molecule has 0 saturated carbocycles. The quantitative estimate of drug-likeness (QED) is 0.224. The van der Waals surface area contributed by atoms with Crippen molar-refractivity contribution in [1.29, 1.82) is 0 Å². The Morgan fingerprint density at radius 3 is 2.31 bits per heavy atom. The summed E-state index contributed by atoms with van der Waals surface area (Å²) in [7, 11) is 0. The number of allylic oxidation sites excluding steroid dienone is 1. The first-order valence-electron chi connectivity index (χ1n) is 10.7. The van der Waals surface area contributed by atoms with Crippen LogP contribution in [0.5, 0.6) is 23.0 Å². The second-order valence-corrected chi connectivity index (χ2v) is 8.23. The third-order valence-corrected chi connectivity index (χ3v) is 6.05. The topological polar surface area (TPSA) is 71.1 Å². The van der Waals surface area contributed by atoms with Gasteiger partial charge in [-0.25, -0.2) is 13.2 Å². The van der Waals surface area contributed by atoms with Crippen molar-refractivity contribution in [2.75, 3.05) is 13.2 Å². The van der Waals surface area contributed by atoms with E-state index in [1.54, 1.807) is 18.2 Å². The summed E-state index contributed by atoms with van der Waals surface area (Å²) in [6.07, 6.45) is 1.26. The summed E-state index contributed by atoms with van der Waals surface area (Å²) in [5.41, 5.74) is 1.14. The molecule has 0 fully saturated rings. The van der Waals surface area contributed by atoms with E-state index in [2.05, 4.69) is 0 Å². The monoisotopic (exact) mass is 480 g/mol. The molecule has 0 radical (unpaired) electrons. The molecule has 1 unspecified atom stereocenters. The standard InChI is InChI=1S/C26H15F3O6/c27-16-9-13(10-17(28)24(16)29)15-11-22(30)34-19-4-2-14-25(31)21(35-26(14)23(15)19)8-12-1-3-18-20(7-12)33-6-5-32-18/h1-4,7-10,15H,5-6,11H2/b21-8+. The van der Waals surface area contributed by atoms with E-state index in [1.165, 1.54) is 18.2 Å². The van der Waals surface area contributed by atoms with Crippen molar-refractivity contribution in [2.45, 2.75) is 12.3 Å². The minimum absolute atomic E-state index is 0.0113. The Kier molecular flexibility index (Phi) is 4.80. The molecule has 3 aromatic carbocycles. The van der Waals surface area contributed by atoms with Crippen LogP contribution in [0, 0.1) is 17.5 Å². The second kappa shape index (κ2) is 7.90. The van der Waals surface area contributed by atoms with Crippen LogP contribution in [0.2, 0.25) is 0 Å². The maximum absolute atomic E-state index is 14.0. The number of ketones is 1. The maximum Gasteiger partial charge on any atom is 0.312 e. The van der Waals surface area contributed by atoms with Crippen molar-refractivity contribution >= 4 is 17.8 Å². The Morgan fingerprint density at radius 1 is 0.829 bits per heavy atom.